The fourth-order valence-corrected chi connectivity index (χ4v) is 2.34. The standard InChI is InChI=1S/C13H24N4O2/c1-3-6-14-9-12-15-16-13(19-12)17-7-4-11(5-8-17)10-18-2/h11,14H,3-10H2,1-2H3. The van der Waals surface area contributed by atoms with Gasteiger partial charge in [0, 0.05) is 26.8 Å². The summed E-state index contributed by atoms with van der Waals surface area (Å²) in [7, 11) is 1.76. The summed E-state index contributed by atoms with van der Waals surface area (Å²) in [4.78, 5) is 2.17. The summed E-state index contributed by atoms with van der Waals surface area (Å²) in [5, 5.41) is 11.5. The van der Waals surface area contributed by atoms with Crippen molar-refractivity contribution in [1.29, 1.82) is 0 Å². The van der Waals surface area contributed by atoms with Crippen molar-refractivity contribution in [3.05, 3.63) is 5.89 Å². The lowest BCUT2D eigenvalue weighted by Gasteiger charge is -2.30. The van der Waals surface area contributed by atoms with Crippen LogP contribution in [0.2, 0.25) is 0 Å². The minimum absolute atomic E-state index is 0.654. The molecule has 0 aromatic carbocycles. The predicted molar refractivity (Wildman–Crippen MR) is 73.1 cm³/mol. The summed E-state index contributed by atoms with van der Waals surface area (Å²) in [6.07, 6.45) is 3.35. The lowest BCUT2D eigenvalue weighted by molar-refractivity contribution is 0.138. The Kier molecular flexibility index (Phi) is 5.60. The zero-order chi connectivity index (χ0) is 13.5. The van der Waals surface area contributed by atoms with Gasteiger partial charge in [-0.05, 0) is 31.7 Å². The van der Waals surface area contributed by atoms with Gasteiger partial charge in [-0.3, -0.25) is 0 Å². The first kappa shape index (κ1) is 14.3. The Labute approximate surface area is 114 Å². The Balaban J connectivity index is 1.79. The van der Waals surface area contributed by atoms with Crippen LogP contribution < -0.4 is 10.2 Å². The molecule has 0 aliphatic carbocycles. The largest absolute Gasteiger partial charge is 0.407 e. The third-order valence-electron chi connectivity index (χ3n) is 3.45. The molecule has 0 atom stereocenters. The fraction of sp³-hybridized carbons (Fsp3) is 0.846. The Morgan fingerprint density at radius 2 is 2.16 bits per heavy atom. The van der Waals surface area contributed by atoms with Crippen LogP contribution in [0.15, 0.2) is 4.42 Å². The molecule has 0 radical (unpaired) electrons. The molecule has 1 aliphatic heterocycles. The molecular formula is C13H24N4O2. The fourth-order valence-electron chi connectivity index (χ4n) is 2.34. The maximum atomic E-state index is 5.67. The van der Waals surface area contributed by atoms with E-state index < -0.39 is 0 Å². The number of methoxy groups -OCH3 is 1. The van der Waals surface area contributed by atoms with Gasteiger partial charge in [0.1, 0.15) is 0 Å². The second kappa shape index (κ2) is 7.45. The van der Waals surface area contributed by atoms with E-state index in [0.717, 1.165) is 45.5 Å². The summed E-state index contributed by atoms with van der Waals surface area (Å²) in [6.45, 7) is 6.55. The molecule has 0 bridgehead atoms. The van der Waals surface area contributed by atoms with Gasteiger partial charge in [0.25, 0.3) is 0 Å². The SMILES string of the molecule is CCCNCc1nnc(N2CCC(COC)CC2)o1. The van der Waals surface area contributed by atoms with E-state index in [-0.39, 0.29) is 0 Å². The van der Waals surface area contributed by atoms with Gasteiger partial charge >= 0.3 is 6.01 Å². The smallest absolute Gasteiger partial charge is 0.318 e. The van der Waals surface area contributed by atoms with Crippen molar-refractivity contribution in [2.75, 3.05) is 38.3 Å². The first-order valence-corrected chi connectivity index (χ1v) is 7.10. The van der Waals surface area contributed by atoms with Crippen LogP contribution in [0.1, 0.15) is 32.1 Å². The van der Waals surface area contributed by atoms with Crippen LogP contribution in [0.3, 0.4) is 0 Å². The predicted octanol–water partition coefficient (Wildman–Crippen LogP) is 1.43. The first-order chi connectivity index (χ1) is 9.33. The van der Waals surface area contributed by atoms with Crippen LogP contribution in [-0.2, 0) is 11.3 Å². The van der Waals surface area contributed by atoms with Crippen LogP contribution in [0.4, 0.5) is 6.01 Å². The third-order valence-corrected chi connectivity index (χ3v) is 3.45. The van der Waals surface area contributed by atoms with E-state index in [1.165, 1.54) is 0 Å². The molecule has 108 valence electrons. The van der Waals surface area contributed by atoms with E-state index in [1.54, 1.807) is 7.11 Å². The Hall–Kier alpha value is -1.14. The first-order valence-electron chi connectivity index (χ1n) is 7.10. The Morgan fingerprint density at radius 3 is 2.84 bits per heavy atom. The topological polar surface area (TPSA) is 63.4 Å². The van der Waals surface area contributed by atoms with E-state index in [1.807, 2.05) is 0 Å². The second-order valence-electron chi connectivity index (χ2n) is 5.04. The molecule has 19 heavy (non-hydrogen) atoms. The zero-order valence-corrected chi connectivity index (χ0v) is 11.9. The van der Waals surface area contributed by atoms with Crippen molar-refractivity contribution in [1.82, 2.24) is 15.5 Å². The van der Waals surface area contributed by atoms with E-state index in [0.29, 0.717) is 24.4 Å². The molecule has 0 spiro atoms. The zero-order valence-electron chi connectivity index (χ0n) is 11.9. The van der Waals surface area contributed by atoms with Gasteiger partial charge in [-0.1, -0.05) is 12.0 Å². The molecule has 2 heterocycles. The number of ether oxygens (including phenoxy) is 1. The number of anilines is 1. The second-order valence-corrected chi connectivity index (χ2v) is 5.04. The van der Waals surface area contributed by atoms with Gasteiger partial charge in [-0.25, -0.2) is 0 Å². The van der Waals surface area contributed by atoms with Crippen LogP contribution in [0.5, 0.6) is 0 Å². The molecule has 1 aromatic rings. The summed E-state index contributed by atoms with van der Waals surface area (Å²) in [6, 6.07) is 0.657. The normalized spacial score (nSPS) is 17.1. The van der Waals surface area contributed by atoms with Gasteiger partial charge in [0.2, 0.25) is 5.89 Å². The quantitative estimate of drug-likeness (QED) is 0.755. The number of piperidine rings is 1. The molecule has 6 nitrogen and oxygen atoms in total. The van der Waals surface area contributed by atoms with Crippen molar-refractivity contribution in [2.45, 2.75) is 32.7 Å². The molecule has 1 aromatic heterocycles. The van der Waals surface area contributed by atoms with E-state index in [9.17, 15) is 0 Å². The number of rotatable bonds is 7. The highest BCUT2D eigenvalue weighted by Crippen LogP contribution is 2.22. The lowest BCUT2D eigenvalue weighted by atomic mass is 9.98. The molecule has 0 amide bonds. The van der Waals surface area contributed by atoms with Gasteiger partial charge in [-0.2, -0.15) is 0 Å². The number of nitrogens with zero attached hydrogens (tertiary/aromatic N) is 3. The monoisotopic (exact) mass is 268 g/mol. The maximum Gasteiger partial charge on any atom is 0.318 e. The minimum Gasteiger partial charge on any atom is -0.407 e. The molecule has 1 aliphatic rings. The van der Waals surface area contributed by atoms with Crippen molar-refractivity contribution in [3.8, 4) is 0 Å². The highest BCUT2D eigenvalue weighted by atomic mass is 16.5. The molecule has 0 unspecified atom stereocenters. The van der Waals surface area contributed by atoms with E-state index >= 15 is 0 Å². The molecular weight excluding hydrogens is 244 g/mol. The molecule has 1 N–H and O–H groups in total. The Morgan fingerprint density at radius 1 is 1.37 bits per heavy atom. The van der Waals surface area contributed by atoms with Crippen molar-refractivity contribution in [3.63, 3.8) is 0 Å². The highest BCUT2D eigenvalue weighted by Gasteiger charge is 2.22. The number of aromatic nitrogens is 2. The maximum absolute atomic E-state index is 5.67. The van der Waals surface area contributed by atoms with Crippen molar-refractivity contribution >= 4 is 6.01 Å². The minimum atomic E-state index is 0.654. The van der Waals surface area contributed by atoms with Gasteiger partial charge < -0.3 is 19.4 Å². The summed E-state index contributed by atoms with van der Waals surface area (Å²) >= 11 is 0. The molecule has 2 rings (SSSR count). The summed E-state index contributed by atoms with van der Waals surface area (Å²) < 4.78 is 10.9. The van der Waals surface area contributed by atoms with E-state index in [4.69, 9.17) is 9.15 Å². The number of nitrogens with one attached hydrogen (secondary N) is 1. The van der Waals surface area contributed by atoms with Crippen molar-refractivity contribution < 1.29 is 9.15 Å². The molecule has 6 heteroatoms. The molecule has 1 saturated heterocycles. The summed E-state index contributed by atoms with van der Waals surface area (Å²) in [5.41, 5.74) is 0. The van der Waals surface area contributed by atoms with Crippen LogP contribution in [0, 0.1) is 5.92 Å². The number of hydrogen-bond donors (Lipinski definition) is 1. The average Bonchev–Trinajstić information content (AvgIpc) is 2.89. The van der Waals surface area contributed by atoms with Gasteiger partial charge in [-0.15, -0.1) is 5.10 Å². The summed E-state index contributed by atoms with van der Waals surface area (Å²) in [5.74, 6) is 1.33. The van der Waals surface area contributed by atoms with Crippen LogP contribution in [-0.4, -0.2) is 43.5 Å². The van der Waals surface area contributed by atoms with E-state index in [2.05, 4.69) is 27.3 Å². The average molecular weight is 268 g/mol. The molecule has 1 fully saturated rings. The third kappa shape index (κ3) is 4.18. The molecule has 0 saturated carbocycles. The lowest BCUT2D eigenvalue weighted by Crippen LogP contribution is -2.35. The van der Waals surface area contributed by atoms with Crippen molar-refractivity contribution in [2.24, 2.45) is 5.92 Å². The Bertz CT molecular complexity index is 361. The van der Waals surface area contributed by atoms with Gasteiger partial charge in [0.05, 0.1) is 6.54 Å². The van der Waals surface area contributed by atoms with Gasteiger partial charge in [0.15, 0.2) is 0 Å². The number of hydrogen-bond acceptors (Lipinski definition) is 6. The van der Waals surface area contributed by atoms with Crippen LogP contribution >= 0.6 is 0 Å². The highest BCUT2D eigenvalue weighted by molar-refractivity contribution is 5.24. The van der Waals surface area contributed by atoms with Crippen LogP contribution in [0.25, 0.3) is 0 Å².